The summed E-state index contributed by atoms with van der Waals surface area (Å²) in [5, 5.41) is 0. The first-order valence-electron chi connectivity index (χ1n) is 6.11. The second kappa shape index (κ2) is 5.22. The monoisotopic (exact) mass is 249 g/mol. The Balaban J connectivity index is 2.21. The zero-order chi connectivity index (χ0) is 13.1. The molecule has 98 valence electrons. The number of aromatic nitrogens is 1. The van der Waals surface area contributed by atoms with E-state index in [-0.39, 0.29) is 11.8 Å². The fraction of sp³-hybridized carbons (Fsp3) is 0.500. The topological polar surface area (TPSA) is 97.3 Å². The summed E-state index contributed by atoms with van der Waals surface area (Å²) in [6, 6.07) is 5.95. The summed E-state index contributed by atoms with van der Waals surface area (Å²) in [4.78, 5) is 17.8. The standard InChI is InChI=1S/C12H19N5O/c1-8-5-6-9(12(13)18)7-17(8)11-4-2-3-10(15-11)16-14/h2-4,8-9H,5-7,14H2,1H3,(H2,13,18)(H,15,16). The number of hydrogen-bond acceptors (Lipinski definition) is 5. The Hall–Kier alpha value is -1.82. The highest BCUT2D eigenvalue weighted by molar-refractivity contribution is 5.77. The molecule has 1 aromatic rings. The molecule has 1 aliphatic rings. The number of nitrogens with one attached hydrogen (secondary N) is 1. The fourth-order valence-corrected chi connectivity index (χ4v) is 2.32. The zero-order valence-electron chi connectivity index (χ0n) is 10.5. The van der Waals surface area contributed by atoms with E-state index in [4.69, 9.17) is 11.6 Å². The van der Waals surface area contributed by atoms with E-state index in [0.717, 1.165) is 18.7 Å². The maximum atomic E-state index is 11.3. The molecule has 0 aromatic carbocycles. The molecular formula is C12H19N5O. The lowest BCUT2D eigenvalue weighted by molar-refractivity contribution is -0.122. The summed E-state index contributed by atoms with van der Waals surface area (Å²) in [5.74, 6) is 6.45. The highest BCUT2D eigenvalue weighted by Gasteiger charge is 2.29. The van der Waals surface area contributed by atoms with Gasteiger partial charge in [-0.25, -0.2) is 10.8 Å². The number of nitrogens with two attached hydrogens (primary N) is 2. The van der Waals surface area contributed by atoms with Crippen LogP contribution in [0.3, 0.4) is 0 Å². The number of piperidine rings is 1. The van der Waals surface area contributed by atoms with Crippen molar-refractivity contribution in [2.24, 2.45) is 17.5 Å². The van der Waals surface area contributed by atoms with E-state index in [2.05, 4.69) is 22.2 Å². The van der Waals surface area contributed by atoms with Gasteiger partial charge in [-0.05, 0) is 31.9 Å². The van der Waals surface area contributed by atoms with Crippen molar-refractivity contribution in [2.75, 3.05) is 16.9 Å². The van der Waals surface area contributed by atoms with E-state index < -0.39 is 0 Å². The van der Waals surface area contributed by atoms with Gasteiger partial charge < -0.3 is 16.1 Å². The van der Waals surface area contributed by atoms with Crippen molar-refractivity contribution in [3.05, 3.63) is 18.2 Å². The van der Waals surface area contributed by atoms with Gasteiger partial charge in [-0.15, -0.1) is 0 Å². The minimum atomic E-state index is -0.236. The Morgan fingerprint density at radius 3 is 2.94 bits per heavy atom. The molecule has 1 saturated heterocycles. The van der Waals surface area contributed by atoms with Crippen molar-refractivity contribution in [3.8, 4) is 0 Å². The summed E-state index contributed by atoms with van der Waals surface area (Å²) in [6.45, 7) is 2.75. The third kappa shape index (κ3) is 2.53. The number of carbonyl (C=O) groups is 1. The Labute approximate surface area is 106 Å². The summed E-state index contributed by atoms with van der Waals surface area (Å²) in [6.07, 6.45) is 1.79. The van der Waals surface area contributed by atoms with Crippen LogP contribution in [0.2, 0.25) is 0 Å². The molecule has 0 radical (unpaired) electrons. The summed E-state index contributed by atoms with van der Waals surface area (Å²) in [5.41, 5.74) is 7.92. The molecule has 1 aromatic heterocycles. The summed E-state index contributed by atoms with van der Waals surface area (Å²) in [7, 11) is 0. The van der Waals surface area contributed by atoms with Gasteiger partial charge in [0.25, 0.3) is 0 Å². The first-order valence-corrected chi connectivity index (χ1v) is 6.11. The van der Waals surface area contributed by atoms with E-state index in [1.54, 1.807) is 6.07 Å². The van der Waals surface area contributed by atoms with E-state index in [1.165, 1.54) is 0 Å². The second-order valence-corrected chi connectivity index (χ2v) is 4.70. The van der Waals surface area contributed by atoms with Gasteiger partial charge in [0.15, 0.2) is 0 Å². The van der Waals surface area contributed by atoms with Crippen molar-refractivity contribution in [3.63, 3.8) is 0 Å². The minimum Gasteiger partial charge on any atom is -0.369 e. The van der Waals surface area contributed by atoms with Crippen molar-refractivity contribution < 1.29 is 4.79 Å². The molecule has 6 nitrogen and oxygen atoms in total. The first kappa shape index (κ1) is 12.6. The van der Waals surface area contributed by atoms with Crippen LogP contribution in [0.25, 0.3) is 0 Å². The lowest BCUT2D eigenvalue weighted by Crippen LogP contribution is -2.46. The molecule has 6 heteroatoms. The maximum absolute atomic E-state index is 11.3. The van der Waals surface area contributed by atoms with Crippen LogP contribution in [0.4, 0.5) is 11.6 Å². The van der Waals surface area contributed by atoms with Crippen LogP contribution in [0.1, 0.15) is 19.8 Å². The SMILES string of the molecule is CC1CCC(C(N)=O)CN1c1cccc(NN)n1. The number of anilines is 2. The van der Waals surface area contributed by atoms with Gasteiger partial charge in [0.1, 0.15) is 11.6 Å². The second-order valence-electron chi connectivity index (χ2n) is 4.70. The largest absolute Gasteiger partial charge is 0.369 e. The van der Waals surface area contributed by atoms with Crippen LogP contribution >= 0.6 is 0 Å². The van der Waals surface area contributed by atoms with E-state index >= 15 is 0 Å². The van der Waals surface area contributed by atoms with Crippen LogP contribution < -0.4 is 21.9 Å². The Morgan fingerprint density at radius 2 is 2.28 bits per heavy atom. The number of nitrogen functional groups attached to an aromatic ring is 1. The zero-order valence-corrected chi connectivity index (χ0v) is 10.5. The first-order chi connectivity index (χ1) is 8.61. The number of primary amides is 1. The highest BCUT2D eigenvalue weighted by Crippen LogP contribution is 2.26. The quantitative estimate of drug-likeness (QED) is 0.534. The van der Waals surface area contributed by atoms with E-state index in [9.17, 15) is 4.79 Å². The highest BCUT2D eigenvalue weighted by atomic mass is 16.1. The third-order valence-electron chi connectivity index (χ3n) is 3.46. The van der Waals surface area contributed by atoms with Gasteiger partial charge in [0.05, 0.1) is 5.92 Å². The number of pyridine rings is 1. The Bertz CT molecular complexity index is 436. The Kier molecular flexibility index (Phi) is 3.66. The number of carbonyl (C=O) groups excluding carboxylic acids is 1. The molecule has 0 spiro atoms. The van der Waals surface area contributed by atoms with Crippen LogP contribution in [-0.4, -0.2) is 23.5 Å². The number of amides is 1. The van der Waals surface area contributed by atoms with Gasteiger partial charge in [-0.1, -0.05) is 6.07 Å². The van der Waals surface area contributed by atoms with Crippen LogP contribution in [0.15, 0.2) is 18.2 Å². The van der Waals surface area contributed by atoms with Crippen molar-refractivity contribution >= 4 is 17.5 Å². The van der Waals surface area contributed by atoms with Crippen molar-refractivity contribution in [2.45, 2.75) is 25.8 Å². The van der Waals surface area contributed by atoms with E-state index in [1.807, 2.05) is 12.1 Å². The molecule has 2 atom stereocenters. The molecule has 5 N–H and O–H groups in total. The van der Waals surface area contributed by atoms with Crippen LogP contribution in [0, 0.1) is 5.92 Å². The molecule has 0 aliphatic carbocycles. The lowest BCUT2D eigenvalue weighted by Gasteiger charge is -2.37. The fourth-order valence-electron chi connectivity index (χ4n) is 2.32. The van der Waals surface area contributed by atoms with Crippen LogP contribution in [0.5, 0.6) is 0 Å². The third-order valence-corrected chi connectivity index (χ3v) is 3.46. The predicted molar refractivity (Wildman–Crippen MR) is 70.8 cm³/mol. The van der Waals surface area contributed by atoms with Gasteiger partial charge >= 0.3 is 0 Å². The average Bonchev–Trinajstić information content (AvgIpc) is 2.39. The molecule has 18 heavy (non-hydrogen) atoms. The molecule has 2 heterocycles. The Morgan fingerprint density at radius 1 is 1.50 bits per heavy atom. The molecule has 0 saturated carbocycles. The smallest absolute Gasteiger partial charge is 0.222 e. The number of hydrogen-bond donors (Lipinski definition) is 3. The van der Waals surface area contributed by atoms with Gasteiger partial charge in [0, 0.05) is 12.6 Å². The summed E-state index contributed by atoms with van der Waals surface area (Å²) >= 11 is 0. The normalized spacial score (nSPS) is 23.8. The molecule has 0 bridgehead atoms. The predicted octanol–water partition coefficient (Wildman–Crippen LogP) is 0.457. The van der Waals surface area contributed by atoms with Gasteiger partial charge in [-0.2, -0.15) is 0 Å². The lowest BCUT2D eigenvalue weighted by atomic mass is 9.93. The average molecular weight is 249 g/mol. The van der Waals surface area contributed by atoms with E-state index in [0.29, 0.717) is 18.4 Å². The number of hydrazine groups is 1. The molecule has 2 rings (SSSR count). The minimum absolute atomic E-state index is 0.0995. The van der Waals surface area contributed by atoms with Gasteiger partial charge in [-0.3, -0.25) is 4.79 Å². The maximum Gasteiger partial charge on any atom is 0.222 e. The molecule has 2 unspecified atom stereocenters. The molecule has 1 fully saturated rings. The van der Waals surface area contributed by atoms with Crippen molar-refractivity contribution in [1.29, 1.82) is 0 Å². The summed E-state index contributed by atoms with van der Waals surface area (Å²) < 4.78 is 0. The van der Waals surface area contributed by atoms with Crippen LogP contribution in [-0.2, 0) is 4.79 Å². The number of rotatable bonds is 3. The number of nitrogens with zero attached hydrogens (tertiary/aromatic N) is 2. The molecule has 1 aliphatic heterocycles. The van der Waals surface area contributed by atoms with Gasteiger partial charge in [0.2, 0.25) is 5.91 Å². The molecular weight excluding hydrogens is 230 g/mol. The molecule has 1 amide bonds. The van der Waals surface area contributed by atoms with Crippen molar-refractivity contribution in [1.82, 2.24) is 4.98 Å².